The Morgan fingerprint density at radius 1 is 0.661 bits per heavy atom. The van der Waals surface area contributed by atoms with Crippen LogP contribution in [0.25, 0.3) is 0 Å². The first kappa shape index (κ1) is 54.6. The molecule has 1 aliphatic heterocycles. The van der Waals surface area contributed by atoms with Crippen LogP contribution in [0.15, 0.2) is 72.9 Å². The molecule has 1 rings (SSSR count). The van der Waals surface area contributed by atoms with Crippen molar-refractivity contribution in [1.82, 2.24) is 0 Å². The van der Waals surface area contributed by atoms with E-state index >= 15 is 0 Å². The van der Waals surface area contributed by atoms with E-state index in [0.717, 1.165) is 83.5 Å². The van der Waals surface area contributed by atoms with Crippen molar-refractivity contribution in [2.24, 2.45) is 0 Å². The van der Waals surface area contributed by atoms with Gasteiger partial charge in [-0.3, -0.25) is 9.35 Å². The van der Waals surface area contributed by atoms with E-state index in [0.29, 0.717) is 13.0 Å². The predicted octanol–water partition coefficient (Wildman–Crippen LogP) is 9.13. The molecule has 0 aromatic heterocycles. The topological polar surface area (TPSA) is 178 Å². The lowest BCUT2D eigenvalue weighted by Crippen LogP contribution is -2.60. The molecular formula is C46H78O12S. The second-order valence-corrected chi connectivity index (χ2v) is 16.0. The Bertz CT molecular complexity index is 1310. The molecule has 59 heavy (non-hydrogen) atoms. The van der Waals surface area contributed by atoms with E-state index in [9.17, 15) is 28.5 Å². The second-order valence-electron chi connectivity index (χ2n) is 14.9. The molecule has 1 fully saturated rings. The lowest BCUT2D eigenvalue weighted by Gasteiger charge is -2.41. The minimum atomic E-state index is -5.07. The summed E-state index contributed by atoms with van der Waals surface area (Å²) in [5.41, 5.74) is 0. The number of hydrogen-bond donors (Lipinski definition) is 4. The Morgan fingerprint density at radius 2 is 1.17 bits per heavy atom. The molecule has 0 spiro atoms. The fourth-order valence-corrected chi connectivity index (χ4v) is 6.77. The normalized spacial score (nSPS) is 21.1. The first-order chi connectivity index (χ1) is 28.6. The molecule has 1 heterocycles. The number of rotatable bonds is 37. The number of unbranched alkanes of at least 4 members (excludes halogenated alkanes) is 12. The van der Waals surface area contributed by atoms with Crippen molar-refractivity contribution in [2.75, 3.05) is 26.4 Å². The lowest BCUT2D eigenvalue weighted by atomic mass is 9.99. The summed E-state index contributed by atoms with van der Waals surface area (Å²) in [5, 5.41) is 30.6. The van der Waals surface area contributed by atoms with Crippen molar-refractivity contribution in [3.05, 3.63) is 72.9 Å². The van der Waals surface area contributed by atoms with E-state index in [1.807, 2.05) is 0 Å². The number of aliphatic hydroxyl groups excluding tert-OH is 3. The number of carbonyl (C=O) groups is 1. The van der Waals surface area contributed by atoms with Gasteiger partial charge in [-0.25, -0.2) is 4.18 Å². The van der Waals surface area contributed by atoms with Crippen LogP contribution in [0.5, 0.6) is 0 Å². The van der Waals surface area contributed by atoms with Gasteiger partial charge in [0.1, 0.15) is 30.5 Å². The van der Waals surface area contributed by atoms with E-state index in [1.165, 1.54) is 38.5 Å². The summed E-state index contributed by atoms with van der Waals surface area (Å²) >= 11 is 0. The van der Waals surface area contributed by atoms with Gasteiger partial charge in [0.05, 0.1) is 19.8 Å². The van der Waals surface area contributed by atoms with Crippen molar-refractivity contribution in [2.45, 2.75) is 185 Å². The van der Waals surface area contributed by atoms with E-state index in [-0.39, 0.29) is 19.6 Å². The Balaban J connectivity index is 2.43. The highest BCUT2D eigenvalue weighted by molar-refractivity contribution is 7.80. The van der Waals surface area contributed by atoms with Crippen LogP contribution in [0.1, 0.15) is 149 Å². The summed E-state index contributed by atoms with van der Waals surface area (Å²) in [7, 11) is -5.07. The van der Waals surface area contributed by atoms with Crippen molar-refractivity contribution in [3.63, 3.8) is 0 Å². The maximum absolute atomic E-state index is 12.8. The van der Waals surface area contributed by atoms with Crippen LogP contribution in [-0.2, 0) is 38.3 Å². The van der Waals surface area contributed by atoms with Crippen LogP contribution in [0, 0.1) is 0 Å². The zero-order chi connectivity index (χ0) is 43.2. The molecule has 0 saturated carbocycles. The highest BCUT2D eigenvalue weighted by Gasteiger charge is 2.48. The third-order valence-corrected chi connectivity index (χ3v) is 10.1. The summed E-state index contributed by atoms with van der Waals surface area (Å²) in [6, 6.07) is 0. The standard InChI is InChI=1S/C46H78O12S/c1-3-5-7-9-11-13-15-16-17-18-19-20-21-22-23-24-25-26-28-30-32-34-36-54-38-40(56-42(48)35-33-31-29-27-14-12-10-8-6-4-2)39-55-46-44(50)45(58-59(51,52)53)43(49)41(37-47)57-46/h5,7,11,13,16-17,19-20,22-23,25-26,40-41,43-47,49-50H,3-4,6,8-10,12,14-15,18,21,24,27-39H2,1-2H3,(H,51,52,53)/b7-5-,13-11-,17-16-,20-19-,23-22-,26-25-. The number of ether oxygens (including phenoxy) is 4. The summed E-state index contributed by atoms with van der Waals surface area (Å²) in [4.78, 5) is 12.8. The van der Waals surface area contributed by atoms with Gasteiger partial charge < -0.3 is 34.3 Å². The number of esters is 1. The minimum absolute atomic E-state index is 0.0107. The Labute approximate surface area is 356 Å². The molecule has 4 N–H and O–H groups in total. The van der Waals surface area contributed by atoms with E-state index in [1.54, 1.807) is 0 Å². The van der Waals surface area contributed by atoms with Crippen molar-refractivity contribution in [3.8, 4) is 0 Å². The molecule has 0 aliphatic carbocycles. The minimum Gasteiger partial charge on any atom is -0.457 e. The lowest BCUT2D eigenvalue weighted by molar-refractivity contribution is -0.301. The molecule has 0 bridgehead atoms. The van der Waals surface area contributed by atoms with Crippen molar-refractivity contribution >= 4 is 16.4 Å². The largest absolute Gasteiger partial charge is 0.457 e. The first-order valence-electron chi connectivity index (χ1n) is 22.2. The molecular weight excluding hydrogens is 777 g/mol. The average molecular weight is 855 g/mol. The fourth-order valence-electron chi connectivity index (χ4n) is 6.26. The molecule has 6 atom stereocenters. The van der Waals surface area contributed by atoms with Crippen molar-refractivity contribution < 1.29 is 56.2 Å². The van der Waals surface area contributed by atoms with E-state index in [4.69, 9.17) is 23.5 Å². The van der Waals surface area contributed by atoms with Gasteiger partial charge in [-0.15, -0.1) is 0 Å². The summed E-state index contributed by atoms with van der Waals surface area (Å²) in [6.45, 7) is 3.75. The third kappa shape index (κ3) is 31.1. The maximum atomic E-state index is 12.8. The van der Waals surface area contributed by atoms with Crippen LogP contribution >= 0.6 is 0 Å². The highest BCUT2D eigenvalue weighted by Crippen LogP contribution is 2.26. The molecule has 1 aliphatic rings. The zero-order valence-electron chi connectivity index (χ0n) is 36.0. The summed E-state index contributed by atoms with van der Waals surface area (Å²) in [6.07, 6.45) is 38.0. The van der Waals surface area contributed by atoms with Gasteiger partial charge in [-0.2, -0.15) is 8.42 Å². The monoisotopic (exact) mass is 855 g/mol. The van der Waals surface area contributed by atoms with Crippen LogP contribution in [0.3, 0.4) is 0 Å². The quantitative estimate of drug-likeness (QED) is 0.0202. The van der Waals surface area contributed by atoms with Gasteiger partial charge in [0, 0.05) is 13.0 Å². The summed E-state index contributed by atoms with van der Waals surface area (Å²) in [5.74, 6) is -0.417. The number of allylic oxidation sites excluding steroid dienone is 12. The van der Waals surface area contributed by atoms with Gasteiger partial charge in [-0.1, -0.05) is 151 Å². The molecule has 13 heteroatoms. The molecule has 0 radical (unpaired) electrons. The van der Waals surface area contributed by atoms with E-state index in [2.05, 4.69) is 90.9 Å². The van der Waals surface area contributed by atoms with Crippen LogP contribution in [-0.4, -0.2) is 97.5 Å². The van der Waals surface area contributed by atoms with Gasteiger partial charge in [0.25, 0.3) is 0 Å². The van der Waals surface area contributed by atoms with Gasteiger partial charge in [0.15, 0.2) is 6.29 Å². The Hall–Kier alpha value is -2.46. The molecule has 6 unspecified atom stereocenters. The van der Waals surface area contributed by atoms with Gasteiger partial charge in [-0.05, 0) is 64.2 Å². The van der Waals surface area contributed by atoms with Crippen molar-refractivity contribution in [1.29, 1.82) is 0 Å². The number of carbonyl (C=O) groups excluding carboxylic acids is 1. The smallest absolute Gasteiger partial charge is 0.397 e. The third-order valence-electron chi connectivity index (χ3n) is 9.59. The molecule has 1 saturated heterocycles. The average Bonchev–Trinajstić information content (AvgIpc) is 3.20. The number of hydrogen-bond acceptors (Lipinski definition) is 11. The van der Waals surface area contributed by atoms with Gasteiger partial charge >= 0.3 is 16.4 Å². The van der Waals surface area contributed by atoms with Crippen LogP contribution in [0.2, 0.25) is 0 Å². The summed E-state index contributed by atoms with van der Waals surface area (Å²) < 4.78 is 58.9. The molecule has 0 amide bonds. The molecule has 340 valence electrons. The van der Waals surface area contributed by atoms with Gasteiger partial charge in [0.2, 0.25) is 0 Å². The first-order valence-corrected chi connectivity index (χ1v) is 23.6. The zero-order valence-corrected chi connectivity index (χ0v) is 36.8. The highest BCUT2D eigenvalue weighted by atomic mass is 32.3. The fraction of sp³-hybridized carbons (Fsp3) is 0.717. The second kappa shape index (κ2) is 37.3. The predicted molar refractivity (Wildman–Crippen MR) is 234 cm³/mol. The molecule has 0 aromatic rings. The molecule has 0 aromatic carbocycles. The van der Waals surface area contributed by atoms with Crippen LogP contribution < -0.4 is 0 Å². The SMILES string of the molecule is CC/C=C\C/C=C\C/C=C\C/C=C\C/C=C\C/C=C\CCCCCOCC(COC1OC(CO)C(O)C(OS(=O)(=O)O)C1O)OC(=O)CCCCCCCCCCCC. The Morgan fingerprint density at radius 3 is 1.69 bits per heavy atom. The Kier molecular flexibility index (Phi) is 34.5. The van der Waals surface area contributed by atoms with E-state index < -0.39 is 59.8 Å². The number of aliphatic hydroxyl groups is 3. The maximum Gasteiger partial charge on any atom is 0.397 e. The molecule has 12 nitrogen and oxygen atoms in total. The van der Waals surface area contributed by atoms with Crippen LogP contribution in [0.4, 0.5) is 0 Å².